The molecule has 0 radical (unpaired) electrons. The third kappa shape index (κ3) is 5.10. The Morgan fingerprint density at radius 1 is 1.17 bits per heavy atom. The van der Waals surface area contributed by atoms with Crippen molar-refractivity contribution in [2.75, 3.05) is 40.0 Å². The van der Waals surface area contributed by atoms with Gasteiger partial charge in [-0.15, -0.1) is 0 Å². The van der Waals surface area contributed by atoms with Crippen LogP contribution < -0.4 is 14.8 Å². The molecule has 1 N–H and O–H groups in total. The second kappa shape index (κ2) is 9.92. The highest BCUT2D eigenvalue weighted by Crippen LogP contribution is 2.25. The minimum atomic E-state index is -3.72. The number of benzene rings is 2. The van der Waals surface area contributed by atoms with E-state index in [2.05, 4.69) is 5.32 Å². The van der Waals surface area contributed by atoms with Crippen molar-refractivity contribution in [1.29, 1.82) is 0 Å². The molecule has 0 unspecified atom stereocenters. The summed E-state index contributed by atoms with van der Waals surface area (Å²) in [5.41, 5.74) is 1.03. The van der Waals surface area contributed by atoms with E-state index >= 15 is 0 Å². The van der Waals surface area contributed by atoms with E-state index in [1.165, 1.54) is 29.6 Å². The van der Waals surface area contributed by atoms with E-state index in [9.17, 15) is 13.2 Å². The fourth-order valence-corrected chi connectivity index (χ4v) is 4.59. The summed E-state index contributed by atoms with van der Waals surface area (Å²) in [6.07, 6.45) is 0. The maximum absolute atomic E-state index is 12.9. The summed E-state index contributed by atoms with van der Waals surface area (Å²) >= 11 is 0. The van der Waals surface area contributed by atoms with Gasteiger partial charge in [-0.2, -0.15) is 4.31 Å². The van der Waals surface area contributed by atoms with Crippen LogP contribution in [0.5, 0.6) is 11.5 Å². The van der Waals surface area contributed by atoms with Crippen LogP contribution >= 0.6 is 0 Å². The number of ether oxygens (including phenoxy) is 3. The normalized spacial score (nSPS) is 14.9. The molecule has 1 heterocycles. The monoisotopic (exact) mass is 434 g/mol. The van der Waals surface area contributed by atoms with Crippen molar-refractivity contribution in [3.8, 4) is 11.5 Å². The van der Waals surface area contributed by atoms with Crippen LogP contribution in [0.15, 0.2) is 47.4 Å². The number of sulfonamides is 1. The van der Waals surface area contributed by atoms with Crippen LogP contribution in [0.4, 0.5) is 0 Å². The fraction of sp³-hybridized carbons (Fsp3) is 0.381. The first-order valence-corrected chi connectivity index (χ1v) is 11.2. The first-order valence-electron chi connectivity index (χ1n) is 9.71. The van der Waals surface area contributed by atoms with Crippen LogP contribution in [0.25, 0.3) is 0 Å². The topological polar surface area (TPSA) is 94.2 Å². The minimum Gasteiger partial charge on any atom is -0.496 e. The van der Waals surface area contributed by atoms with E-state index < -0.39 is 15.9 Å². The van der Waals surface area contributed by atoms with Crippen molar-refractivity contribution >= 4 is 15.9 Å². The van der Waals surface area contributed by atoms with Crippen LogP contribution in [0.3, 0.4) is 0 Å². The Morgan fingerprint density at radius 2 is 1.93 bits per heavy atom. The van der Waals surface area contributed by atoms with Gasteiger partial charge in [-0.25, -0.2) is 8.42 Å². The molecule has 0 spiro atoms. The van der Waals surface area contributed by atoms with Gasteiger partial charge in [0.1, 0.15) is 11.5 Å². The maximum Gasteiger partial charge on any atom is 0.255 e. The second-order valence-corrected chi connectivity index (χ2v) is 8.58. The summed E-state index contributed by atoms with van der Waals surface area (Å²) in [7, 11) is -2.28. The van der Waals surface area contributed by atoms with Gasteiger partial charge < -0.3 is 19.5 Å². The molecule has 1 saturated heterocycles. The lowest BCUT2D eigenvalue weighted by molar-refractivity contribution is 0.0730. The Kier molecular flexibility index (Phi) is 7.30. The summed E-state index contributed by atoms with van der Waals surface area (Å²) in [5, 5.41) is 2.81. The molecule has 2 aromatic carbocycles. The highest BCUT2D eigenvalue weighted by Gasteiger charge is 2.28. The average Bonchev–Trinajstić information content (AvgIpc) is 2.78. The van der Waals surface area contributed by atoms with Crippen molar-refractivity contribution in [3.05, 3.63) is 53.6 Å². The molecule has 0 aliphatic carbocycles. The highest BCUT2D eigenvalue weighted by molar-refractivity contribution is 7.89. The number of hydrogen-bond donors (Lipinski definition) is 1. The molecule has 1 aliphatic heterocycles. The zero-order chi connectivity index (χ0) is 21.6. The van der Waals surface area contributed by atoms with Gasteiger partial charge in [0.2, 0.25) is 10.0 Å². The average molecular weight is 435 g/mol. The SMILES string of the molecule is CCOc1cccc(CNC(=O)c2cc(S(=O)(=O)N3CCOCC3)ccc2OC)c1. The summed E-state index contributed by atoms with van der Waals surface area (Å²) < 4.78 is 43.2. The Labute approximate surface area is 176 Å². The van der Waals surface area contributed by atoms with Gasteiger partial charge in [0.05, 0.1) is 37.4 Å². The van der Waals surface area contributed by atoms with E-state index in [0.29, 0.717) is 25.6 Å². The number of morpholine rings is 1. The molecule has 0 atom stereocenters. The second-order valence-electron chi connectivity index (χ2n) is 6.64. The molecule has 30 heavy (non-hydrogen) atoms. The third-order valence-corrected chi connectivity index (χ3v) is 6.58. The van der Waals surface area contributed by atoms with E-state index in [-0.39, 0.29) is 30.1 Å². The molecule has 1 amide bonds. The Hall–Kier alpha value is -2.62. The molecular weight excluding hydrogens is 408 g/mol. The number of hydrogen-bond acceptors (Lipinski definition) is 6. The highest BCUT2D eigenvalue weighted by atomic mass is 32.2. The molecule has 3 rings (SSSR count). The van der Waals surface area contributed by atoms with Gasteiger partial charge in [-0.3, -0.25) is 4.79 Å². The van der Waals surface area contributed by atoms with Crippen LogP contribution in [0.1, 0.15) is 22.8 Å². The molecule has 0 aromatic heterocycles. The van der Waals surface area contributed by atoms with Crippen LogP contribution in [0, 0.1) is 0 Å². The van der Waals surface area contributed by atoms with Crippen LogP contribution in [0.2, 0.25) is 0 Å². The molecule has 1 fully saturated rings. The number of amides is 1. The summed E-state index contributed by atoms with van der Waals surface area (Å²) in [6.45, 7) is 3.99. The first-order chi connectivity index (χ1) is 14.5. The number of methoxy groups -OCH3 is 1. The lowest BCUT2D eigenvalue weighted by atomic mass is 10.1. The Bertz CT molecular complexity index is 987. The number of nitrogens with zero attached hydrogens (tertiary/aromatic N) is 1. The van der Waals surface area contributed by atoms with Crippen LogP contribution in [-0.2, 0) is 21.3 Å². The van der Waals surface area contributed by atoms with Crippen molar-refractivity contribution < 1.29 is 27.4 Å². The van der Waals surface area contributed by atoms with Crippen molar-refractivity contribution in [2.24, 2.45) is 0 Å². The van der Waals surface area contributed by atoms with Crippen molar-refractivity contribution in [3.63, 3.8) is 0 Å². The fourth-order valence-electron chi connectivity index (χ4n) is 3.15. The number of nitrogens with one attached hydrogen (secondary N) is 1. The lowest BCUT2D eigenvalue weighted by Crippen LogP contribution is -2.40. The molecule has 0 bridgehead atoms. The molecule has 9 heteroatoms. The summed E-state index contributed by atoms with van der Waals surface area (Å²) in [5.74, 6) is 0.601. The van der Waals surface area contributed by atoms with Gasteiger partial charge in [0, 0.05) is 19.6 Å². The van der Waals surface area contributed by atoms with Gasteiger partial charge in [0.15, 0.2) is 0 Å². The Morgan fingerprint density at radius 3 is 2.63 bits per heavy atom. The molecule has 162 valence electrons. The van der Waals surface area contributed by atoms with Gasteiger partial charge in [-0.05, 0) is 42.8 Å². The molecule has 2 aromatic rings. The van der Waals surface area contributed by atoms with Gasteiger partial charge in [-0.1, -0.05) is 12.1 Å². The zero-order valence-corrected chi connectivity index (χ0v) is 17.9. The predicted octanol–water partition coefficient (Wildman–Crippen LogP) is 2.04. The van der Waals surface area contributed by atoms with E-state index in [0.717, 1.165) is 11.3 Å². The lowest BCUT2D eigenvalue weighted by Gasteiger charge is -2.26. The van der Waals surface area contributed by atoms with E-state index in [1.54, 1.807) is 0 Å². The van der Waals surface area contributed by atoms with Gasteiger partial charge in [0.25, 0.3) is 5.91 Å². The van der Waals surface area contributed by atoms with Crippen molar-refractivity contribution in [1.82, 2.24) is 9.62 Å². The Balaban J connectivity index is 1.79. The zero-order valence-electron chi connectivity index (χ0n) is 17.1. The predicted molar refractivity (Wildman–Crippen MR) is 111 cm³/mol. The smallest absolute Gasteiger partial charge is 0.255 e. The minimum absolute atomic E-state index is 0.0497. The largest absolute Gasteiger partial charge is 0.496 e. The maximum atomic E-state index is 12.9. The molecule has 8 nitrogen and oxygen atoms in total. The third-order valence-electron chi connectivity index (χ3n) is 4.69. The number of carbonyl (C=O) groups excluding carboxylic acids is 1. The summed E-state index contributed by atoms with van der Waals surface area (Å²) in [6, 6.07) is 11.7. The van der Waals surface area contributed by atoms with E-state index in [1.807, 2.05) is 31.2 Å². The quantitative estimate of drug-likeness (QED) is 0.683. The number of rotatable bonds is 8. The molecule has 0 saturated carbocycles. The van der Waals surface area contributed by atoms with Crippen molar-refractivity contribution in [2.45, 2.75) is 18.4 Å². The standard InChI is InChI=1S/C21H26N2O6S/c1-3-29-17-6-4-5-16(13-17)15-22-21(24)19-14-18(7-8-20(19)27-2)30(25,26)23-9-11-28-12-10-23/h4-8,13-14H,3,9-12,15H2,1-2H3,(H,22,24). The number of carbonyl (C=O) groups is 1. The van der Waals surface area contributed by atoms with E-state index in [4.69, 9.17) is 14.2 Å². The molecule has 1 aliphatic rings. The van der Waals surface area contributed by atoms with Crippen LogP contribution in [-0.4, -0.2) is 58.7 Å². The molecular formula is C21H26N2O6S. The van der Waals surface area contributed by atoms with Gasteiger partial charge >= 0.3 is 0 Å². The summed E-state index contributed by atoms with van der Waals surface area (Å²) in [4.78, 5) is 12.9. The first kappa shape index (κ1) is 22.1.